The van der Waals surface area contributed by atoms with Crippen molar-refractivity contribution in [2.75, 3.05) is 4.90 Å². The third-order valence-corrected chi connectivity index (χ3v) is 11.1. The van der Waals surface area contributed by atoms with Gasteiger partial charge in [-0.3, -0.25) is 0 Å². The highest BCUT2D eigenvalue weighted by Gasteiger charge is 2.47. The molecule has 0 amide bonds. The number of nitrogens with zero attached hydrogens (tertiary/aromatic N) is 2. The summed E-state index contributed by atoms with van der Waals surface area (Å²) in [5.41, 5.74) is 13.3. The monoisotopic (exact) mass is 594 g/mol. The van der Waals surface area contributed by atoms with Gasteiger partial charge in [-0.05, 0) is 113 Å². The lowest BCUT2D eigenvalue weighted by molar-refractivity contribution is 0.188. The largest absolute Gasteiger partial charge is 0.310 e. The Balaban J connectivity index is 1.33. The molecule has 2 bridgehead atoms. The van der Waals surface area contributed by atoms with Crippen LogP contribution in [0.3, 0.4) is 0 Å². The maximum Gasteiger partial charge on any atom is 0.0541 e. The van der Waals surface area contributed by atoms with E-state index in [4.69, 9.17) is 0 Å². The van der Waals surface area contributed by atoms with Gasteiger partial charge in [-0.15, -0.1) is 0 Å². The first-order chi connectivity index (χ1) is 22.5. The van der Waals surface area contributed by atoms with Gasteiger partial charge < -0.3 is 9.47 Å². The molecule has 0 radical (unpaired) electrons. The van der Waals surface area contributed by atoms with Gasteiger partial charge in [0.05, 0.1) is 11.0 Å². The van der Waals surface area contributed by atoms with Crippen molar-refractivity contribution in [3.63, 3.8) is 0 Å². The standard InChI is InChI=1S/C44H38N2/c1-43-23-25-44(2,26-24-43)40-29-31(21-22-39(40)43)32-27-35(45(33-13-5-3-6-14-33)34-15-7-4-8-16-34)30-36(28-32)46-41-19-11-9-17-37(41)38-18-10-12-20-42(38)46/h3-22,27-30H,23-26H2,1-2H3. The number of hydrogen-bond donors (Lipinski definition) is 0. The van der Waals surface area contributed by atoms with Crippen molar-refractivity contribution in [1.29, 1.82) is 0 Å². The van der Waals surface area contributed by atoms with Gasteiger partial charge in [0, 0.05) is 33.5 Å². The molecule has 2 nitrogen and oxygen atoms in total. The molecule has 2 heteroatoms. The number of hydrogen-bond acceptors (Lipinski definition) is 1. The van der Waals surface area contributed by atoms with Gasteiger partial charge in [-0.25, -0.2) is 0 Å². The van der Waals surface area contributed by atoms with E-state index < -0.39 is 0 Å². The Labute approximate surface area is 271 Å². The van der Waals surface area contributed by atoms with E-state index in [1.165, 1.54) is 64.3 Å². The van der Waals surface area contributed by atoms with Crippen LogP contribution < -0.4 is 4.90 Å². The van der Waals surface area contributed by atoms with E-state index in [1.54, 1.807) is 11.1 Å². The fourth-order valence-corrected chi connectivity index (χ4v) is 8.46. The van der Waals surface area contributed by atoms with Crippen LogP contribution in [0, 0.1) is 0 Å². The predicted octanol–water partition coefficient (Wildman–Crippen LogP) is 12.0. The molecule has 0 spiro atoms. The molecule has 0 atom stereocenters. The smallest absolute Gasteiger partial charge is 0.0541 e. The molecule has 3 aliphatic carbocycles. The second-order valence-electron chi connectivity index (χ2n) is 14.0. The lowest BCUT2D eigenvalue weighted by Gasteiger charge is -2.52. The highest BCUT2D eigenvalue weighted by molar-refractivity contribution is 6.09. The third kappa shape index (κ3) is 4.16. The molecule has 0 unspecified atom stereocenters. The molecule has 6 aromatic carbocycles. The van der Waals surface area contributed by atoms with Crippen LogP contribution in [0.25, 0.3) is 38.6 Å². The summed E-state index contributed by atoms with van der Waals surface area (Å²) in [5, 5.41) is 2.55. The van der Waals surface area contributed by atoms with Crippen LogP contribution in [0.1, 0.15) is 50.7 Å². The zero-order chi connectivity index (χ0) is 30.9. The zero-order valence-corrected chi connectivity index (χ0v) is 26.6. The van der Waals surface area contributed by atoms with Crippen molar-refractivity contribution >= 4 is 38.9 Å². The maximum absolute atomic E-state index is 2.54. The third-order valence-electron chi connectivity index (χ3n) is 11.1. The Morgan fingerprint density at radius 2 is 0.978 bits per heavy atom. The lowest BCUT2D eigenvalue weighted by Crippen LogP contribution is -2.44. The second-order valence-corrected chi connectivity index (χ2v) is 14.0. The van der Waals surface area contributed by atoms with Gasteiger partial charge in [0.1, 0.15) is 0 Å². The normalized spacial score (nSPS) is 20.2. The van der Waals surface area contributed by atoms with Crippen molar-refractivity contribution in [2.24, 2.45) is 0 Å². The molecule has 46 heavy (non-hydrogen) atoms. The van der Waals surface area contributed by atoms with Gasteiger partial charge >= 0.3 is 0 Å². The van der Waals surface area contributed by atoms with Crippen molar-refractivity contribution in [1.82, 2.24) is 4.57 Å². The Morgan fingerprint density at radius 1 is 0.457 bits per heavy atom. The number of rotatable bonds is 5. The Bertz CT molecular complexity index is 2140. The van der Waals surface area contributed by atoms with Gasteiger partial charge in [-0.1, -0.05) is 105 Å². The summed E-state index contributed by atoms with van der Waals surface area (Å²) in [4.78, 5) is 2.39. The van der Waals surface area contributed by atoms with Gasteiger partial charge in [0.15, 0.2) is 0 Å². The van der Waals surface area contributed by atoms with Crippen molar-refractivity contribution in [3.05, 3.63) is 157 Å². The summed E-state index contributed by atoms with van der Waals surface area (Å²) in [7, 11) is 0. The van der Waals surface area contributed by atoms with Gasteiger partial charge in [0.25, 0.3) is 0 Å². The van der Waals surface area contributed by atoms with Crippen LogP contribution in [-0.4, -0.2) is 4.57 Å². The molecule has 7 aromatic rings. The van der Waals surface area contributed by atoms with Gasteiger partial charge in [0.2, 0.25) is 0 Å². The molecule has 224 valence electrons. The average molecular weight is 595 g/mol. The van der Waals surface area contributed by atoms with E-state index in [-0.39, 0.29) is 5.41 Å². The SMILES string of the molecule is CC12CCC(C)(CC1)c1cc(-c3cc(N(c4ccccc4)c4ccccc4)cc(-n4c5ccccc5c5ccccc54)c3)ccc12. The molecule has 0 aliphatic heterocycles. The average Bonchev–Trinajstić information content (AvgIpc) is 3.45. The number of para-hydroxylation sites is 4. The quantitative estimate of drug-likeness (QED) is 0.192. The van der Waals surface area contributed by atoms with E-state index >= 15 is 0 Å². The first kappa shape index (κ1) is 27.2. The number of fused-ring (bicyclic) bond motifs is 5. The molecule has 3 aliphatic rings. The highest BCUT2D eigenvalue weighted by atomic mass is 15.1. The van der Waals surface area contributed by atoms with Crippen molar-refractivity contribution in [3.8, 4) is 16.8 Å². The fourth-order valence-electron chi connectivity index (χ4n) is 8.46. The Kier molecular flexibility index (Phi) is 6.05. The summed E-state index contributed by atoms with van der Waals surface area (Å²) < 4.78 is 2.45. The van der Waals surface area contributed by atoms with E-state index in [0.717, 1.165) is 17.1 Å². The summed E-state index contributed by atoms with van der Waals surface area (Å²) in [6.07, 6.45) is 5.16. The Morgan fingerprint density at radius 3 is 1.57 bits per heavy atom. The molecular weight excluding hydrogens is 556 g/mol. The zero-order valence-electron chi connectivity index (χ0n) is 26.6. The highest BCUT2D eigenvalue weighted by Crippen LogP contribution is 2.57. The van der Waals surface area contributed by atoms with Crippen LogP contribution in [0.5, 0.6) is 0 Å². The predicted molar refractivity (Wildman–Crippen MR) is 194 cm³/mol. The first-order valence-corrected chi connectivity index (χ1v) is 16.7. The summed E-state index contributed by atoms with van der Waals surface area (Å²) in [6.45, 7) is 4.99. The fraction of sp³-hybridized carbons (Fsp3) is 0.182. The molecular formula is C44H38N2. The summed E-state index contributed by atoms with van der Waals surface area (Å²) in [5.74, 6) is 0. The van der Waals surface area contributed by atoms with Crippen molar-refractivity contribution < 1.29 is 0 Å². The number of anilines is 3. The van der Waals surface area contributed by atoms with Crippen LogP contribution in [0.4, 0.5) is 17.1 Å². The van der Waals surface area contributed by atoms with E-state index in [0.29, 0.717) is 5.41 Å². The molecule has 1 saturated carbocycles. The maximum atomic E-state index is 2.54. The number of benzene rings is 6. The molecule has 1 heterocycles. The number of aromatic nitrogens is 1. The minimum Gasteiger partial charge on any atom is -0.310 e. The minimum absolute atomic E-state index is 0.260. The molecule has 1 aromatic heterocycles. The van der Waals surface area contributed by atoms with Crippen molar-refractivity contribution in [2.45, 2.75) is 50.4 Å². The lowest BCUT2D eigenvalue weighted by atomic mass is 9.52. The Hall–Kier alpha value is -5.08. The van der Waals surface area contributed by atoms with E-state index in [2.05, 4.69) is 169 Å². The molecule has 10 rings (SSSR count). The molecule has 0 saturated heterocycles. The summed E-state index contributed by atoms with van der Waals surface area (Å²) >= 11 is 0. The topological polar surface area (TPSA) is 8.17 Å². The molecule has 0 N–H and O–H groups in total. The van der Waals surface area contributed by atoms with Crippen LogP contribution in [0.15, 0.2) is 146 Å². The van der Waals surface area contributed by atoms with E-state index in [1.807, 2.05) is 0 Å². The molecule has 1 fully saturated rings. The van der Waals surface area contributed by atoms with E-state index in [9.17, 15) is 0 Å². The minimum atomic E-state index is 0.260. The summed E-state index contributed by atoms with van der Waals surface area (Å²) in [6, 6.07) is 53.7. The van der Waals surface area contributed by atoms with Crippen LogP contribution in [-0.2, 0) is 10.8 Å². The second kappa shape index (κ2) is 10.2. The van der Waals surface area contributed by atoms with Gasteiger partial charge in [-0.2, -0.15) is 0 Å². The van der Waals surface area contributed by atoms with Crippen LogP contribution in [0.2, 0.25) is 0 Å². The first-order valence-electron chi connectivity index (χ1n) is 16.7. The van der Waals surface area contributed by atoms with Crippen LogP contribution >= 0.6 is 0 Å².